The normalized spacial score (nSPS) is 45.7. The van der Waals surface area contributed by atoms with E-state index in [0.717, 1.165) is 0 Å². The Bertz CT molecular complexity index is 985. The van der Waals surface area contributed by atoms with Crippen LogP contribution in [0.1, 0.15) is 60.8 Å². The van der Waals surface area contributed by atoms with Gasteiger partial charge in [-0.1, -0.05) is 27.4 Å². The molecule has 4 aliphatic carbocycles. The summed E-state index contributed by atoms with van der Waals surface area (Å²) in [7, 11) is 0. The topological polar surface area (TPSA) is 136 Å². The molecule has 0 heterocycles. The van der Waals surface area contributed by atoms with Gasteiger partial charge in [-0.25, -0.2) is 0 Å². The van der Waals surface area contributed by atoms with Gasteiger partial charge in [-0.3, -0.25) is 19.2 Å². The average molecular weight is 493 g/mol. The highest BCUT2D eigenvalue weighted by Crippen LogP contribution is 2.72. The number of aliphatic hydroxyl groups is 2. The van der Waals surface area contributed by atoms with Crippen LogP contribution in [0.4, 0.5) is 0 Å². The number of esters is 3. The zero-order valence-electron chi connectivity index (χ0n) is 21.2. The lowest BCUT2D eigenvalue weighted by Crippen LogP contribution is -2.75. The zero-order chi connectivity index (χ0) is 26.2. The molecule has 1 spiro atoms. The minimum atomic E-state index is -1.39. The van der Waals surface area contributed by atoms with Crippen molar-refractivity contribution in [3.8, 4) is 0 Å². The Kier molecular flexibility index (Phi) is 6.00. The van der Waals surface area contributed by atoms with Crippen LogP contribution in [0.3, 0.4) is 0 Å². The van der Waals surface area contributed by atoms with Gasteiger partial charge < -0.3 is 24.4 Å². The molecule has 0 aromatic rings. The summed E-state index contributed by atoms with van der Waals surface area (Å²) in [6, 6.07) is 0. The molecule has 0 saturated heterocycles. The monoisotopic (exact) mass is 492 g/mol. The van der Waals surface area contributed by atoms with Gasteiger partial charge >= 0.3 is 17.9 Å². The van der Waals surface area contributed by atoms with Gasteiger partial charge in [0.25, 0.3) is 0 Å². The predicted molar refractivity (Wildman–Crippen MR) is 121 cm³/mol. The second kappa shape index (κ2) is 8.13. The molecule has 0 amide bonds. The lowest BCUT2D eigenvalue weighted by molar-refractivity contribution is -0.297. The Morgan fingerprint density at radius 3 is 1.94 bits per heavy atom. The molecule has 0 unspecified atom stereocenters. The van der Waals surface area contributed by atoms with Gasteiger partial charge in [-0.2, -0.15) is 0 Å². The van der Waals surface area contributed by atoms with Crippen LogP contribution in [0.15, 0.2) is 12.2 Å². The van der Waals surface area contributed by atoms with Crippen LogP contribution in [0.5, 0.6) is 0 Å². The van der Waals surface area contributed by atoms with Crippen molar-refractivity contribution in [1.29, 1.82) is 0 Å². The van der Waals surface area contributed by atoms with E-state index in [9.17, 15) is 29.4 Å². The van der Waals surface area contributed by atoms with Gasteiger partial charge in [0.1, 0.15) is 24.4 Å². The predicted octanol–water partition coefficient (Wildman–Crippen LogP) is 1.72. The number of ether oxygens (including phenoxy) is 3. The molecule has 194 valence electrons. The minimum absolute atomic E-state index is 0.140. The van der Waals surface area contributed by atoms with Gasteiger partial charge in [-0.05, 0) is 36.2 Å². The highest BCUT2D eigenvalue weighted by Gasteiger charge is 2.78. The second-order valence-corrected chi connectivity index (χ2v) is 11.8. The molecular weight excluding hydrogens is 456 g/mol. The average Bonchev–Trinajstić information content (AvgIpc) is 2.90. The highest BCUT2D eigenvalue weighted by atomic mass is 16.6. The summed E-state index contributed by atoms with van der Waals surface area (Å²) in [5.74, 6) is -3.57. The number of rotatable bonds is 3. The molecule has 4 rings (SSSR count). The zero-order valence-corrected chi connectivity index (χ0v) is 21.2. The molecular formula is C26H36O9. The summed E-state index contributed by atoms with van der Waals surface area (Å²) in [5, 5.41) is 23.2. The number of hydrogen-bond donors (Lipinski definition) is 2. The summed E-state index contributed by atoms with van der Waals surface area (Å²) >= 11 is 0. The van der Waals surface area contributed by atoms with Gasteiger partial charge in [0.05, 0.1) is 11.5 Å². The first kappa shape index (κ1) is 25.8. The number of aliphatic hydroxyl groups excluding tert-OH is 2. The fraction of sp³-hybridized carbons (Fsp3) is 0.769. The van der Waals surface area contributed by atoms with E-state index in [1.54, 1.807) is 13.8 Å². The van der Waals surface area contributed by atoms with Crippen LogP contribution in [0.2, 0.25) is 0 Å². The molecule has 4 aliphatic rings. The maximum absolute atomic E-state index is 13.8. The molecule has 4 fully saturated rings. The van der Waals surface area contributed by atoms with Crippen molar-refractivity contribution in [3.05, 3.63) is 12.2 Å². The largest absolute Gasteiger partial charge is 0.462 e. The molecule has 4 saturated carbocycles. The van der Waals surface area contributed by atoms with E-state index < -0.39 is 76.5 Å². The fourth-order valence-corrected chi connectivity index (χ4v) is 8.55. The molecule has 0 radical (unpaired) electrons. The minimum Gasteiger partial charge on any atom is -0.462 e. The second-order valence-electron chi connectivity index (χ2n) is 11.8. The lowest BCUT2D eigenvalue weighted by Gasteiger charge is -2.68. The third kappa shape index (κ3) is 3.49. The van der Waals surface area contributed by atoms with E-state index in [4.69, 9.17) is 14.2 Å². The number of Topliss-reactive ketones (excluding diaryl/α,β-unsaturated/α-hetero) is 1. The van der Waals surface area contributed by atoms with E-state index in [1.807, 2.05) is 6.92 Å². The van der Waals surface area contributed by atoms with Crippen LogP contribution < -0.4 is 0 Å². The number of carbonyl (C=O) groups is 4. The van der Waals surface area contributed by atoms with E-state index in [-0.39, 0.29) is 18.1 Å². The fourth-order valence-electron chi connectivity index (χ4n) is 8.55. The SMILES string of the molecule is C=C1C(=O)[C@]23C[C@H]1C[C@H](OC(C)=O)[C@H]2[C@@]1(C)C[C@H](OC(C)=O)[C@H](O)C(C)(C)[C@H]1[C@@H](OC(C)=O)[C@@H]3O. The number of hydrogen-bond acceptors (Lipinski definition) is 9. The molecule has 9 nitrogen and oxygen atoms in total. The molecule has 10 atom stereocenters. The number of fused-ring (bicyclic) bond motifs is 3. The summed E-state index contributed by atoms with van der Waals surface area (Å²) in [4.78, 5) is 50.1. The molecule has 0 aliphatic heterocycles. The standard InChI is InChI=1S/C26H36O9/c1-11-15-8-16(33-12(2)27)19-25(7)10-17(34-13(3)28)22(31)24(5,6)20(25)18(35-14(4)29)23(32)26(19,9-15)21(11)30/h15-20,22-23,31-32H,1,8-10H2,2-7H3/t15-,16+,17+,18-,19+,20-,22+,23+,25-,26+/m1/s1. The maximum atomic E-state index is 13.8. The Hall–Kier alpha value is -2.26. The van der Waals surface area contributed by atoms with Crippen LogP contribution in [0.25, 0.3) is 0 Å². The molecule has 35 heavy (non-hydrogen) atoms. The van der Waals surface area contributed by atoms with E-state index in [2.05, 4.69) is 6.58 Å². The van der Waals surface area contributed by atoms with Crippen LogP contribution >= 0.6 is 0 Å². The summed E-state index contributed by atoms with van der Waals surface area (Å²) in [5.41, 5.74) is -2.94. The molecule has 2 bridgehead atoms. The molecule has 9 heteroatoms. The third-order valence-corrected chi connectivity index (χ3v) is 9.32. The summed E-state index contributed by atoms with van der Waals surface area (Å²) in [6.07, 6.45) is -4.41. The Morgan fingerprint density at radius 1 is 0.857 bits per heavy atom. The van der Waals surface area contributed by atoms with Crippen LogP contribution in [-0.2, 0) is 33.4 Å². The highest BCUT2D eigenvalue weighted by molar-refractivity contribution is 6.04. The lowest BCUT2D eigenvalue weighted by atomic mass is 9.38. The van der Waals surface area contributed by atoms with Crippen molar-refractivity contribution in [2.75, 3.05) is 0 Å². The first-order valence-corrected chi connectivity index (χ1v) is 12.2. The number of carbonyl (C=O) groups excluding carboxylic acids is 4. The van der Waals surface area contributed by atoms with Gasteiger partial charge in [0, 0.05) is 38.0 Å². The van der Waals surface area contributed by atoms with Crippen molar-refractivity contribution in [2.45, 2.75) is 91.3 Å². The van der Waals surface area contributed by atoms with Gasteiger partial charge in [-0.15, -0.1) is 0 Å². The summed E-state index contributed by atoms with van der Waals surface area (Å²) < 4.78 is 17.1. The van der Waals surface area contributed by atoms with Crippen molar-refractivity contribution in [1.82, 2.24) is 0 Å². The quantitative estimate of drug-likeness (QED) is 0.343. The van der Waals surface area contributed by atoms with Gasteiger partial charge in [0.2, 0.25) is 0 Å². The molecule has 2 N–H and O–H groups in total. The first-order valence-electron chi connectivity index (χ1n) is 12.2. The van der Waals surface area contributed by atoms with E-state index in [0.29, 0.717) is 18.4 Å². The van der Waals surface area contributed by atoms with E-state index in [1.165, 1.54) is 20.8 Å². The first-order chi connectivity index (χ1) is 16.1. The van der Waals surface area contributed by atoms with Crippen molar-refractivity contribution < 1.29 is 43.6 Å². The number of allylic oxidation sites excluding steroid dienone is 1. The Labute approximate surface area is 205 Å². The molecule has 0 aromatic carbocycles. The van der Waals surface area contributed by atoms with Crippen LogP contribution in [0, 0.1) is 34.0 Å². The molecule has 0 aromatic heterocycles. The van der Waals surface area contributed by atoms with Crippen LogP contribution in [-0.4, -0.2) is 64.4 Å². The Balaban J connectivity index is 1.98. The van der Waals surface area contributed by atoms with Gasteiger partial charge in [0.15, 0.2) is 5.78 Å². The van der Waals surface area contributed by atoms with Crippen molar-refractivity contribution in [2.24, 2.45) is 34.0 Å². The van der Waals surface area contributed by atoms with Crippen molar-refractivity contribution >= 4 is 23.7 Å². The Morgan fingerprint density at radius 2 is 1.40 bits per heavy atom. The maximum Gasteiger partial charge on any atom is 0.303 e. The third-order valence-electron chi connectivity index (χ3n) is 9.32. The summed E-state index contributed by atoms with van der Waals surface area (Å²) in [6.45, 7) is 13.3. The van der Waals surface area contributed by atoms with E-state index >= 15 is 0 Å². The smallest absolute Gasteiger partial charge is 0.303 e. The van der Waals surface area contributed by atoms with Crippen molar-refractivity contribution in [3.63, 3.8) is 0 Å². The number of ketones is 1.